The van der Waals surface area contributed by atoms with Crippen molar-refractivity contribution in [2.24, 2.45) is 0 Å². The minimum Gasteiger partial charge on any atom is -0.481 e. The van der Waals surface area contributed by atoms with Gasteiger partial charge in [0.25, 0.3) is 0 Å². The molecule has 28 heavy (non-hydrogen) atoms. The molecule has 1 atom stereocenters. The van der Waals surface area contributed by atoms with Crippen molar-refractivity contribution in [3.63, 3.8) is 0 Å². The van der Waals surface area contributed by atoms with Gasteiger partial charge in [0, 0.05) is 37.0 Å². The van der Waals surface area contributed by atoms with Crippen LogP contribution in [-0.4, -0.2) is 40.6 Å². The second-order valence-corrected chi connectivity index (χ2v) is 8.73. The lowest BCUT2D eigenvalue weighted by molar-refractivity contribution is -0.136. The van der Waals surface area contributed by atoms with Crippen LogP contribution in [0.25, 0.3) is 0 Å². The van der Waals surface area contributed by atoms with Crippen LogP contribution in [0.3, 0.4) is 0 Å². The summed E-state index contributed by atoms with van der Waals surface area (Å²) < 4.78 is 21.2. The van der Waals surface area contributed by atoms with Crippen molar-refractivity contribution in [2.75, 3.05) is 29.9 Å². The maximum absolute atomic E-state index is 13.7. The number of halogens is 2. The van der Waals surface area contributed by atoms with Crippen molar-refractivity contribution < 1.29 is 19.0 Å². The van der Waals surface area contributed by atoms with Crippen molar-refractivity contribution in [1.82, 2.24) is 4.67 Å². The van der Waals surface area contributed by atoms with Crippen LogP contribution in [0.5, 0.6) is 5.75 Å². The molecular weight excluding hydrogens is 422 g/mol. The lowest BCUT2D eigenvalue weighted by Crippen LogP contribution is -2.30. The van der Waals surface area contributed by atoms with Crippen LogP contribution in [0.4, 0.5) is 5.69 Å². The maximum atomic E-state index is 13.7. The van der Waals surface area contributed by atoms with E-state index in [1.165, 1.54) is 0 Å². The van der Waals surface area contributed by atoms with Crippen molar-refractivity contribution in [1.29, 1.82) is 0 Å². The summed E-state index contributed by atoms with van der Waals surface area (Å²) >= 11 is 11.8. The monoisotopic (exact) mass is 444 g/mol. The molecule has 2 aromatic carbocycles. The highest BCUT2D eigenvalue weighted by molar-refractivity contribution is 7.58. The predicted molar refractivity (Wildman–Crippen MR) is 114 cm³/mol. The van der Waals surface area contributed by atoms with E-state index >= 15 is 0 Å². The highest BCUT2D eigenvalue weighted by atomic mass is 35.5. The third kappa shape index (κ3) is 7.02. The number of hydrogen-bond acceptors (Lipinski definition) is 3. The number of rotatable bonds is 12. The fourth-order valence-corrected chi connectivity index (χ4v) is 5.06. The lowest BCUT2D eigenvalue weighted by Gasteiger charge is -2.31. The van der Waals surface area contributed by atoms with Gasteiger partial charge in [-0.3, -0.25) is 9.88 Å². The zero-order valence-corrected chi connectivity index (χ0v) is 17.7. The molecule has 0 bridgehead atoms. The number of alkyl halides is 2. The maximum Gasteiger partial charge on any atom is 0.419 e. The van der Waals surface area contributed by atoms with Crippen LogP contribution in [-0.2, 0) is 15.8 Å². The molecule has 2 rings (SSSR count). The molecule has 0 heterocycles. The molecule has 0 aromatic heterocycles. The van der Waals surface area contributed by atoms with E-state index in [0.717, 1.165) is 5.56 Å². The average molecular weight is 445 g/mol. The van der Waals surface area contributed by atoms with E-state index in [2.05, 4.69) is 5.09 Å². The first-order valence-corrected chi connectivity index (χ1v) is 11.4. The van der Waals surface area contributed by atoms with E-state index in [1.807, 2.05) is 6.07 Å². The quantitative estimate of drug-likeness (QED) is 0.350. The molecule has 0 amide bonds. The zero-order valence-electron chi connectivity index (χ0n) is 15.3. The highest BCUT2D eigenvalue weighted by Crippen LogP contribution is 2.50. The summed E-state index contributed by atoms with van der Waals surface area (Å²) in [5.41, 5.74) is 1.47. The van der Waals surface area contributed by atoms with Crippen molar-refractivity contribution >= 4 is 42.5 Å². The Morgan fingerprint density at radius 1 is 1.04 bits per heavy atom. The lowest BCUT2D eigenvalue weighted by atomic mass is 10.1. The molecule has 2 aromatic rings. The number of nitrogens with one attached hydrogen (secondary N) is 1. The Balaban J connectivity index is 2.23. The van der Waals surface area contributed by atoms with Gasteiger partial charge in [-0.2, -0.15) is 0 Å². The average Bonchev–Trinajstić information content (AvgIpc) is 2.68. The van der Waals surface area contributed by atoms with E-state index in [0.29, 0.717) is 30.9 Å². The Labute approximate surface area is 175 Å². The SMILES string of the molecule is O=C(O)CCc1ccc(N[P@](=O)(Oc2ccccc2)N(CCCl)CCCl)cc1. The van der Waals surface area contributed by atoms with Crippen LogP contribution in [0.1, 0.15) is 12.0 Å². The molecule has 2 N–H and O–H groups in total. The molecule has 0 fully saturated rings. The first-order valence-electron chi connectivity index (χ1n) is 8.78. The molecule has 0 aliphatic heterocycles. The summed E-state index contributed by atoms with van der Waals surface area (Å²) in [6.07, 6.45) is 0.486. The van der Waals surface area contributed by atoms with E-state index in [-0.39, 0.29) is 18.2 Å². The second kappa shape index (κ2) is 11.3. The molecule has 0 spiro atoms. The van der Waals surface area contributed by atoms with E-state index < -0.39 is 13.6 Å². The number of nitrogens with zero attached hydrogens (tertiary/aromatic N) is 1. The number of carbonyl (C=O) groups is 1. The third-order valence-corrected chi connectivity index (χ3v) is 6.36. The number of carboxylic acid groups (broad SMARTS) is 1. The summed E-state index contributed by atoms with van der Waals surface area (Å²) in [6.45, 7) is 0.671. The molecule has 0 saturated heterocycles. The van der Waals surface area contributed by atoms with Crippen molar-refractivity contribution in [2.45, 2.75) is 12.8 Å². The van der Waals surface area contributed by atoms with Gasteiger partial charge in [0.15, 0.2) is 0 Å². The summed E-state index contributed by atoms with van der Waals surface area (Å²) in [4.78, 5) is 10.7. The van der Waals surface area contributed by atoms with Crippen LogP contribution in [0, 0.1) is 0 Å². The van der Waals surface area contributed by atoms with Gasteiger partial charge in [0.2, 0.25) is 0 Å². The minimum absolute atomic E-state index is 0.0572. The number of aliphatic carboxylic acids is 1. The fourth-order valence-electron chi connectivity index (χ4n) is 2.51. The first kappa shape index (κ1) is 22.6. The molecule has 0 saturated carbocycles. The van der Waals surface area contributed by atoms with Gasteiger partial charge in [0.1, 0.15) is 5.75 Å². The van der Waals surface area contributed by atoms with E-state index in [1.54, 1.807) is 53.2 Å². The number of carboxylic acids is 1. The van der Waals surface area contributed by atoms with Gasteiger partial charge in [-0.15, -0.1) is 23.2 Å². The number of para-hydroxylation sites is 1. The van der Waals surface area contributed by atoms with Gasteiger partial charge in [-0.05, 0) is 36.2 Å². The zero-order chi connectivity index (χ0) is 20.4. The number of hydrogen-bond donors (Lipinski definition) is 2. The molecule has 0 unspecified atom stereocenters. The molecule has 6 nitrogen and oxygen atoms in total. The fraction of sp³-hybridized carbons (Fsp3) is 0.316. The Morgan fingerprint density at radius 3 is 2.18 bits per heavy atom. The first-order chi connectivity index (χ1) is 13.5. The van der Waals surface area contributed by atoms with Crippen molar-refractivity contribution in [3.05, 3.63) is 60.2 Å². The summed E-state index contributed by atoms with van der Waals surface area (Å²) in [5, 5.41) is 11.8. The molecule has 9 heteroatoms. The molecule has 0 aliphatic rings. The molecular formula is C19H23Cl2N2O4P. The number of aryl methyl sites for hydroxylation is 1. The Kier molecular flexibility index (Phi) is 9.13. The summed E-state index contributed by atoms with van der Waals surface area (Å²) in [7, 11) is -3.53. The molecule has 0 aliphatic carbocycles. The summed E-state index contributed by atoms with van der Waals surface area (Å²) in [5.74, 6) is 0.162. The van der Waals surface area contributed by atoms with Crippen LogP contribution < -0.4 is 9.61 Å². The molecule has 0 radical (unpaired) electrons. The second-order valence-electron chi connectivity index (χ2n) is 5.96. The largest absolute Gasteiger partial charge is 0.481 e. The highest BCUT2D eigenvalue weighted by Gasteiger charge is 2.33. The van der Waals surface area contributed by atoms with Crippen molar-refractivity contribution in [3.8, 4) is 5.75 Å². The van der Waals surface area contributed by atoms with Gasteiger partial charge in [0.05, 0.1) is 0 Å². The van der Waals surface area contributed by atoms with Crippen LogP contribution in [0.15, 0.2) is 54.6 Å². The number of anilines is 1. The Morgan fingerprint density at radius 2 is 1.64 bits per heavy atom. The minimum atomic E-state index is -3.53. The standard InChI is InChI=1S/C19H23Cl2N2O4P/c20-12-14-23(15-13-21)28(26,27-18-4-2-1-3-5-18)22-17-9-6-16(7-10-17)8-11-19(24)25/h1-7,9-10H,8,11-15H2,(H,22,26)(H,24,25)/t28-/m0/s1. The van der Waals surface area contributed by atoms with Gasteiger partial charge >= 0.3 is 13.6 Å². The van der Waals surface area contributed by atoms with Crippen LogP contribution in [0.2, 0.25) is 0 Å². The Hall–Kier alpha value is -1.72. The summed E-state index contributed by atoms with van der Waals surface area (Å²) in [6, 6.07) is 16.0. The normalized spacial score (nSPS) is 13.1. The topological polar surface area (TPSA) is 78.9 Å². The number of benzene rings is 2. The third-order valence-electron chi connectivity index (χ3n) is 3.88. The van der Waals surface area contributed by atoms with E-state index in [4.69, 9.17) is 32.8 Å². The van der Waals surface area contributed by atoms with Crippen LogP contribution >= 0.6 is 30.9 Å². The molecule has 152 valence electrons. The smallest absolute Gasteiger partial charge is 0.419 e. The Bertz CT molecular complexity index is 784. The van der Waals surface area contributed by atoms with Gasteiger partial charge in [-0.25, -0.2) is 9.24 Å². The predicted octanol–water partition coefficient (Wildman–Crippen LogP) is 5.08. The van der Waals surface area contributed by atoms with Gasteiger partial charge in [-0.1, -0.05) is 30.3 Å². The van der Waals surface area contributed by atoms with Gasteiger partial charge < -0.3 is 9.63 Å². The van der Waals surface area contributed by atoms with E-state index in [9.17, 15) is 9.36 Å².